The van der Waals surface area contributed by atoms with E-state index in [4.69, 9.17) is 0 Å². The second-order valence-corrected chi connectivity index (χ2v) is 4.59. The lowest BCUT2D eigenvalue weighted by Crippen LogP contribution is -2.25. The minimum atomic E-state index is -0.314. The maximum atomic E-state index is 10.8. The number of carbonyl (C=O) groups is 1. The highest BCUT2D eigenvalue weighted by Crippen LogP contribution is 2.19. The molecular weight excluding hydrogens is 240 g/mol. The maximum Gasteiger partial charge on any atom is 0.367 e. The van der Waals surface area contributed by atoms with Crippen molar-refractivity contribution < 1.29 is 19.1 Å². The van der Waals surface area contributed by atoms with Crippen molar-refractivity contribution in [2.75, 3.05) is 18.6 Å². The summed E-state index contributed by atoms with van der Waals surface area (Å²) >= 11 is 2.45. The van der Waals surface area contributed by atoms with Gasteiger partial charge in [0.25, 0.3) is 5.03 Å². The van der Waals surface area contributed by atoms with Gasteiger partial charge in [-0.25, -0.2) is 4.79 Å². The normalized spacial score (nSPS) is 10.3. The zero-order valence-corrected chi connectivity index (χ0v) is 9.89. The summed E-state index contributed by atoms with van der Waals surface area (Å²) in [6, 6.07) is 0. The molecule has 6 nitrogen and oxygen atoms in total. The molecule has 0 aliphatic rings. The van der Waals surface area contributed by atoms with Crippen LogP contribution in [0.2, 0.25) is 0 Å². The standard InChI is InChI=1S/C7H10N2O4S2/c1-5-6(8-13-9(5)11)14-3-4-15-7(10)12-2/h3-4H2,1-2H3. The summed E-state index contributed by atoms with van der Waals surface area (Å²) in [4.78, 5) is 11.1. The van der Waals surface area contributed by atoms with Gasteiger partial charge >= 0.3 is 5.30 Å². The van der Waals surface area contributed by atoms with Crippen LogP contribution in [-0.4, -0.2) is 29.1 Å². The molecule has 0 aliphatic heterocycles. The van der Waals surface area contributed by atoms with Crippen molar-refractivity contribution in [3.8, 4) is 0 Å². The summed E-state index contributed by atoms with van der Waals surface area (Å²) in [6.45, 7) is 1.62. The number of methoxy groups -OCH3 is 1. The minimum Gasteiger partial charge on any atom is -0.461 e. The van der Waals surface area contributed by atoms with Crippen molar-refractivity contribution in [2.45, 2.75) is 11.9 Å². The first-order valence-corrected chi connectivity index (χ1v) is 6.02. The Kier molecular flexibility index (Phi) is 4.76. The highest BCUT2D eigenvalue weighted by molar-refractivity contribution is 8.14. The van der Waals surface area contributed by atoms with E-state index in [0.29, 0.717) is 27.1 Å². The molecule has 0 saturated heterocycles. The first kappa shape index (κ1) is 12.2. The quantitative estimate of drug-likeness (QED) is 0.344. The van der Waals surface area contributed by atoms with Gasteiger partial charge in [0.15, 0.2) is 0 Å². The summed E-state index contributed by atoms with van der Waals surface area (Å²) in [5.41, 5.74) is 0.433. The Labute approximate surface area is 94.9 Å². The number of hydrogen-bond acceptors (Lipinski definition) is 7. The van der Waals surface area contributed by atoms with Gasteiger partial charge in [-0.1, -0.05) is 11.8 Å². The first-order valence-electron chi connectivity index (χ1n) is 4.05. The third kappa shape index (κ3) is 3.63. The fourth-order valence-corrected chi connectivity index (χ4v) is 2.25. The number of thioether (sulfide) groups is 2. The minimum absolute atomic E-state index is 0.314. The predicted octanol–water partition coefficient (Wildman–Crippen LogP) is 1.21. The molecule has 1 aromatic heterocycles. The molecule has 0 amide bonds. The number of hydrogen-bond donors (Lipinski definition) is 0. The largest absolute Gasteiger partial charge is 0.461 e. The molecule has 0 aliphatic carbocycles. The molecule has 15 heavy (non-hydrogen) atoms. The van der Waals surface area contributed by atoms with E-state index >= 15 is 0 Å². The number of aromatic nitrogens is 2. The van der Waals surface area contributed by atoms with Gasteiger partial charge in [0.05, 0.1) is 12.3 Å². The van der Waals surface area contributed by atoms with Crippen LogP contribution in [0.5, 0.6) is 0 Å². The van der Waals surface area contributed by atoms with Gasteiger partial charge < -0.3 is 9.94 Å². The van der Waals surface area contributed by atoms with Crippen LogP contribution in [0.4, 0.5) is 4.79 Å². The van der Waals surface area contributed by atoms with E-state index in [0.717, 1.165) is 11.8 Å². The van der Waals surface area contributed by atoms with Gasteiger partial charge in [-0.3, -0.25) is 4.63 Å². The topological polar surface area (TPSA) is 79.3 Å². The van der Waals surface area contributed by atoms with Gasteiger partial charge in [0.1, 0.15) is 0 Å². The molecule has 0 radical (unpaired) electrons. The number of rotatable bonds is 4. The van der Waals surface area contributed by atoms with E-state index in [2.05, 4.69) is 14.5 Å². The number of carbonyl (C=O) groups excluding carboxylic acids is 1. The lowest BCUT2D eigenvalue weighted by atomic mass is 10.6. The van der Waals surface area contributed by atoms with Crippen LogP contribution in [0.3, 0.4) is 0 Å². The van der Waals surface area contributed by atoms with Crippen LogP contribution < -0.4 is 4.90 Å². The first-order chi connectivity index (χ1) is 7.15. The van der Waals surface area contributed by atoms with E-state index in [1.807, 2.05) is 0 Å². The van der Waals surface area contributed by atoms with Crippen LogP contribution >= 0.6 is 23.5 Å². The zero-order chi connectivity index (χ0) is 11.3. The Hall–Kier alpha value is -0.890. The Morgan fingerprint density at radius 3 is 2.93 bits per heavy atom. The third-order valence-corrected chi connectivity index (χ3v) is 3.61. The molecule has 0 saturated carbocycles. The van der Waals surface area contributed by atoms with Gasteiger partial charge in [-0.15, -0.1) is 0 Å². The zero-order valence-electron chi connectivity index (χ0n) is 8.26. The summed E-state index contributed by atoms with van der Waals surface area (Å²) in [5, 5.41) is 14.6. The van der Waals surface area contributed by atoms with Crippen LogP contribution in [0.25, 0.3) is 0 Å². The van der Waals surface area contributed by atoms with Crippen LogP contribution in [0, 0.1) is 12.1 Å². The fourth-order valence-electron chi connectivity index (χ4n) is 0.733. The molecule has 1 heterocycles. The number of ether oxygens (including phenoxy) is 1. The van der Waals surface area contributed by atoms with E-state index in [9.17, 15) is 10.0 Å². The monoisotopic (exact) mass is 250 g/mol. The molecule has 0 atom stereocenters. The van der Waals surface area contributed by atoms with Crippen molar-refractivity contribution in [3.05, 3.63) is 10.9 Å². The molecule has 0 fully saturated rings. The fraction of sp³-hybridized carbons (Fsp3) is 0.571. The van der Waals surface area contributed by atoms with Gasteiger partial charge in [0.2, 0.25) is 5.69 Å². The SMILES string of the molecule is COC(=O)SCCSc1no[n+]([O-])c1C. The maximum absolute atomic E-state index is 10.8. The summed E-state index contributed by atoms with van der Waals surface area (Å²) in [5.74, 6) is 1.26. The summed E-state index contributed by atoms with van der Waals surface area (Å²) in [6.07, 6.45) is 0. The molecule has 0 aromatic carbocycles. The smallest absolute Gasteiger partial charge is 0.367 e. The lowest BCUT2D eigenvalue weighted by molar-refractivity contribution is -0.807. The molecule has 0 spiro atoms. The molecule has 0 unspecified atom stereocenters. The molecule has 0 N–H and O–H groups in total. The van der Waals surface area contributed by atoms with Crippen molar-refractivity contribution in [1.29, 1.82) is 0 Å². The lowest BCUT2D eigenvalue weighted by Gasteiger charge is -1.96. The van der Waals surface area contributed by atoms with Gasteiger partial charge in [0, 0.05) is 18.4 Å². The van der Waals surface area contributed by atoms with Crippen molar-refractivity contribution >= 4 is 28.8 Å². The van der Waals surface area contributed by atoms with E-state index in [-0.39, 0.29) is 5.30 Å². The average Bonchev–Trinajstić information content (AvgIpc) is 2.55. The van der Waals surface area contributed by atoms with E-state index in [1.165, 1.54) is 18.9 Å². The molecular formula is C7H10N2O4S2. The van der Waals surface area contributed by atoms with E-state index in [1.54, 1.807) is 6.92 Å². The van der Waals surface area contributed by atoms with Crippen molar-refractivity contribution in [1.82, 2.24) is 5.16 Å². The van der Waals surface area contributed by atoms with Crippen LogP contribution in [0.15, 0.2) is 9.65 Å². The van der Waals surface area contributed by atoms with Crippen LogP contribution in [0.1, 0.15) is 5.69 Å². The Morgan fingerprint density at radius 2 is 2.40 bits per heavy atom. The van der Waals surface area contributed by atoms with Crippen molar-refractivity contribution in [3.63, 3.8) is 0 Å². The molecule has 8 heteroatoms. The molecule has 0 bridgehead atoms. The van der Waals surface area contributed by atoms with Gasteiger partial charge in [-0.2, -0.15) is 0 Å². The van der Waals surface area contributed by atoms with E-state index < -0.39 is 0 Å². The second-order valence-electron chi connectivity index (χ2n) is 2.47. The van der Waals surface area contributed by atoms with Crippen LogP contribution in [-0.2, 0) is 4.74 Å². The molecule has 1 rings (SSSR count). The second kappa shape index (κ2) is 5.86. The summed E-state index contributed by atoms with van der Waals surface area (Å²) < 4.78 is 8.84. The Balaban J connectivity index is 2.26. The van der Waals surface area contributed by atoms with Crippen molar-refractivity contribution in [2.24, 2.45) is 0 Å². The highest BCUT2D eigenvalue weighted by atomic mass is 32.2. The summed E-state index contributed by atoms with van der Waals surface area (Å²) in [7, 11) is 1.34. The van der Waals surface area contributed by atoms with Gasteiger partial charge in [-0.05, 0) is 16.7 Å². The predicted molar refractivity (Wildman–Crippen MR) is 55.8 cm³/mol. The molecule has 84 valence electrons. The Morgan fingerprint density at radius 1 is 1.67 bits per heavy atom. The average molecular weight is 250 g/mol. The Bertz CT molecular complexity index is 342. The third-order valence-electron chi connectivity index (χ3n) is 1.49. The number of nitrogens with zero attached hydrogens (tertiary/aromatic N) is 2. The highest BCUT2D eigenvalue weighted by Gasteiger charge is 2.14. The molecule has 1 aromatic rings.